The van der Waals surface area contributed by atoms with Crippen LogP contribution in [0.2, 0.25) is 0 Å². The third kappa shape index (κ3) is 7.90. The zero-order valence-electron chi connectivity index (χ0n) is 13.3. The molecule has 0 fully saturated rings. The summed E-state index contributed by atoms with van der Waals surface area (Å²) in [5.74, 6) is -0.589. The van der Waals surface area contributed by atoms with Crippen molar-refractivity contribution in [3.63, 3.8) is 0 Å². The molecule has 1 amide bonds. The molecule has 3 atom stereocenters. The summed E-state index contributed by atoms with van der Waals surface area (Å²) in [7, 11) is 0. The van der Waals surface area contributed by atoms with Gasteiger partial charge in [-0.1, -0.05) is 37.3 Å². The number of carbonyl (C=O) groups is 2. The molecule has 0 spiro atoms. The predicted molar refractivity (Wildman–Crippen MR) is 89.4 cm³/mol. The molecule has 7 heteroatoms. The van der Waals surface area contributed by atoms with Crippen molar-refractivity contribution in [3.05, 3.63) is 35.9 Å². The van der Waals surface area contributed by atoms with Crippen LogP contribution in [-0.2, 0) is 16.1 Å². The molecule has 1 aromatic carbocycles. The molecule has 23 heavy (non-hydrogen) atoms. The van der Waals surface area contributed by atoms with Crippen molar-refractivity contribution in [3.8, 4) is 0 Å². The number of amides is 1. The van der Waals surface area contributed by atoms with E-state index < -0.39 is 24.2 Å². The summed E-state index contributed by atoms with van der Waals surface area (Å²) in [6.07, 6.45) is -0.959. The van der Waals surface area contributed by atoms with Crippen LogP contribution in [0.3, 0.4) is 0 Å². The van der Waals surface area contributed by atoms with E-state index in [0.717, 1.165) is 5.56 Å². The molecular weight excluding hydrogens is 318 g/mol. The van der Waals surface area contributed by atoms with Crippen LogP contribution in [0.25, 0.3) is 0 Å². The number of alkyl carbamates (subject to hydrolysis) is 1. The minimum atomic E-state index is -1.10. The Kier molecular flexibility index (Phi) is 8.50. The molecule has 3 N–H and O–H groups in total. The van der Waals surface area contributed by atoms with E-state index in [2.05, 4.69) is 5.32 Å². The second-order valence-electron chi connectivity index (χ2n) is 5.20. The van der Waals surface area contributed by atoms with Crippen molar-refractivity contribution < 1.29 is 24.5 Å². The van der Waals surface area contributed by atoms with Gasteiger partial charge in [0.25, 0.3) is 0 Å². The number of aliphatic hydroxyl groups excluding tert-OH is 1. The summed E-state index contributed by atoms with van der Waals surface area (Å²) in [6.45, 7) is 3.64. The average Bonchev–Trinajstić information content (AvgIpc) is 2.52. The fourth-order valence-corrected chi connectivity index (χ4v) is 2.70. The van der Waals surface area contributed by atoms with Crippen LogP contribution in [0.15, 0.2) is 30.3 Å². The number of aliphatic carboxylic acids is 1. The van der Waals surface area contributed by atoms with Crippen LogP contribution >= 0.6 is 11.8 Å². The lowest BCUT2D eigenvalue weighted by atomic mass is 10.2. The molecule has 3 unspecified atom stereocenters. The van der Waals surface area contributed by atoms with Crippen molar-refractivity contribution in [2.75, 3.05) is 5.75 Å². The fraction of sp³-hybridized carbons (Fsp3) is 0.500. The second-order valence-corrected chi connectivity index (χ2v) is 6.69. The molecule has 0 aliphatic rings. The number of hydrogen-bond donors (Lipinski definition) is 3. The van der Waals surface area contributed by atoms with Crippen molar-refractivity contribution in [2.24, 2.45) is 0 Å². The number of benzene rings is 1. The smallest absolute Gasteiger partial charge is 0.408 e. The van der Waals surface area contributed by atoms with E-state index in [1.54, 1.807) is 6.92 Å². The molecule has 0 saturated heterocycles. The molecule has 1 rings (SSSR count). The van der Waals surface area contributed by atoms with Gasteiger partial charge in [-0.3, -0.25) is 0 Å². The van der Waals surface area contributed by atoms with Gasteiger partial charge in [0.1, 0.15) is 12.6 Å². The summed E-state index contributed by atoms with van der Waals surface area (Å²) in [5.41, 5.74) is 0.829. The van der Waals surface area contributed by atoms with Gasteiger partial charge in [-0.2, -0.15) is 11.8 Å². The number of aliphatic hydroxyl groups is 1. The number of ether oxygens (including phenoxy) is 1. The Hall–Kier alpha value is -1.73. The SMILES string of the molecule is CC(O)C(C)SCCC(NC(=O)OCc1ccccc1)C(=O)O. The predicted octanol–water partition coefficient (Wildman–Crippen LogP) is 2.26. The third-order valence-corrected chi connectivity index (χ3v) is 4.66. The summed E-state index contributed by atoms with van der Waals surface area (Å²) in [6, 6.07) is 8.14. The lowest BCUT2D eigenvalue weighted by Gasteiger charge is -2.17. The van der Waals surface area contributed by atoms with E-state index in [1.165, 1.54) is 11.8 Å². The summed E-state index contributed by atoms with van der Waals surface area (Å²) >= 11 is 1.46. The number of hydrogen-bond acceptors (Lipinski definition) is 5. The van der Waals surface area contributed by atoms with Crippen molar-refractivity contribution in [1.82, 2.24) is 5.32 Å². The van der Waals surface area contributed by atoms with Gasteiger partial charge in [0.2, 0.25) is 0 Å². The Labute approximate surface area is 140 Å². The Morgan fingerprint density at radius 2 is 1.91 bits per heavy atom. The highest BCUT2D eigenvalue weighted by atomic mass is 32.2. The molecule has 6 nitrogen and oxygen atoms in total. The molecule has 1 aromatic rings. The van der Waals surface area contributed by atoms with Crippen LogP contribution < -0.4 is 5.32 Å². The zero-order chi connectivity index (χ0) is 17.2. The molecule has 128 valence electrons. The number of carboxylic acid groups (broad SMARTS) is 1. The van der Waals surface area contributed by atoms with Gasteiger partial charge in [0.05, 0.1) is 6.10 Å². The second kappa shape index (κ2) is 10.1. The largest absolute Gasteiger partial charge is 0.480 e. The summed E-state index contributed by atoms with van der Waals surface area (Å²) in [4.78, 5) is 22.9. The van der Waals surface area contributed by atoms with Crippen molar-refractivity contribution in [2.45, 2.75) is 44.3 Å². The number of thioether (sulfide) groups is 1. The molecule has 0 saturated carbocycles. The first-order valence-electron chi connectivity index (χ1n) is 7.40. The van der Waals surface area contributed by atoms with Crippen LogP contribution in [0.1, 0.15) is 25.8 Å². The Balaban J connectivity index is 2.36. The van der Waals surface area contributed by atoms with E-state index in [1.807, 2.05) is 37.3 Å². The van der Waals surface area contributed by atoms with Crippen LogP contribution in [0, 0.1) is 0 Å². The normalized spacial score (nSPS) is 14.6. The lowest BCUT2D eigenvalue weighted by Crippen LogP contribution is -2.41. The zero-order valence-corrected chi connectivity index (χ0v) is 14.1. The van der Waals surface area contributed by atoms with E-state index in [-0.39, 0.29) is 18.3 Å². The Bertz CT molecular complexity index is 495. The van der Waals surface area contributed by atoms with Crippen molar-refractivity contribution in [1.29, 1.82) is 0 Å². The van der Waals surface area contributed by atoms with Crippen molar-refractivity contribution >= 4 is 23.8 Å². The quantitative estimate of drug-likeness (QED) is 0.638. The standard InChI is InChI=1S/C16H23NO5S/c1-11(18)12(2)23-9-8-14(15(19)20)17-16(21)22-10-13-6-4-3-5-7-13/h3-7,11-12,14,18H,8-10H2,1-2H3,(H,17,21)(H,19,20). The van der Waals surface area contributed by atoms with Gasteiger partial charge < -0.3 is 20.3 Å². The highest BCUT2D eigenvalue weighted by molar-refractivity contribution is 7.99. The van der Waals surface area contributed by atoms with Crippen LogP contribution in [0.5, 0.6) is 0 Å². The van der Waals surface area contributed by atoms with Gasteiger partial charge in [-0.15, -0.1) is 0 Å². The number of carbonyl (C=O) groups excluding carboxylic acids is 1. The third-order valence-electron chi connectivity index (χ3n) is 3.27. The first-order chi connectivity index (χ1) is 10.9. The highest BCUT2D eigenvalue weighted by Gasteiger charge is 2.21. The van der Waals surface area contributed by atoms with Gasteiger partial charge in [0, 0.05) is 5.25 Å². The van der Waals surface area contributed by atoms with E-state index in [9.17, 15) is 14.7 Å². The number of carboxylic acids is 1. The van der Waals surface area contributed by atoms with Crippen LogP contribution in [0.4, 0.5) is 4.79 Å². The van der Waals surface area contributed by atoms with Gasteiger partial charge in [0.15, 0.2) is 0 Å². The molecule has 0 aliphatic carbocycles. The van der Waals surface area contributed by atoms with Gasteiger partial charge in [-0.05, 0) is 24.7 Å². The van der Waals surface area contributed by atoms with Gasteiger partial charge in [-0.25, -0.2) is 9.59 Å². The Morgan fingerprint density at radius 3 is 2.48 bits per heavy atom. The fourth-order valence-electron chi connectivity index (χ4n) is 1.68. The maximum atomic E-state index is 11.7. The monoisotopic (exact) mass is 341 g/mol. The number of nitrogens with one attached hydrogen (secondary N) is 1. The number of rotatable bonds is 9. The van der Waals surface area contributed by atoms with E-state index in [4.69, 9.17) is 9.84 Å². The van der Waals surface area contributed by atoms with Gasteiger partial charge >= 0.3 is 12.1 Å². The average molecular weight is 341 g/mol. The summed E-state index contributed by atoms with van der Waals surface area (Å²) < 4.78 is 5.01. The maximum absolute atomic E-state index is 11.7. The summed E-state index contributed by atoms with van der Waals surface area (Å²) in [5, 5.41) is 20.9. The minimum Gasteiger partial charge on any atom is -0.480 e. The minimum absolute atomic E-state index is 0.00878. The molecular formula is C16H23NO5S. The topological polar surface area (TPSA) is 95.9 Å². The molecule has 0 bridgehead atoms. The Morgan fingerprint density at radius 1 is 1.26 bits per heavy atom. The first kappa shape index (κ1) is 19.3. The molecule has 0 radical (unpaired) electrons. The lowest BCUT2D eigenvalue weighted by molar-refractivity contribution is -0.139. The maximum Gasteiger partial charge on any atom is 0.408 e. The van der Waals surface area contributed by atoms with E-state index >= 15 is 0 Å². The van der Waals surface area contributed by atoms with Crippen LogP contribution in [-0.4, -0.2) is 45.4 Å². The first-order valence-corrected chi connectivity index (χ1v) is 8.44. The molecule has 0 heterocycles. The molecule has 0 aromatic heterocycles. The van der Waals surface area contributed by atoms with E-state index in [0.29, 0.717) is 5.75 Å². The highest BCUT2D eigenvalue weighted by Crippen LogP contribution is 2.16. The molecule has 0 aliphatic heterocycles.